The lowest BCUT2D eigenvalue weighted by molar-refractivity contribution is -0.141. The van der Waals surface area contributed by atoms with Gasteiger partial charge in [0.1, 0.15) is 5.69 Å². The molecule has 0 spiro atoms. The molecule has 0 atom stereocenters. The second-order valence-electron chi connectivity index (χ2n) is 7.45. The van der Waals surface area contributed by atoms with Gasteiger partial charge < -0.3 is 4.90 Å². The maximum Gasteiger partial charge on any atom is 0.433 e. The Morgan fingerprint density at radius 3 is 2.55 bits per heavy atom. The molecule has 0 saturated carbocycles. The van der Waals surface area contributed by atoms with E-state index in [2.05, 4.69) is 20.0 Å². The summed E-state index contributed by atoms with van der Waals surface area (Å²) in [5.74, 6) is 0.104. The lowest BCUT2D eigenvalue weighted by Gasteiger charge is -2.34. The van der Waals surface area contributed by atoms with Crippen molar-refractivity contribution in [3.63, 3.8) is 0 Å². The number of nitrogens with zero attached hydrogens (tertiary/aromatic N) is 6. The van der Waals surface area contributed by atoms with E-state index in [-0.39, 0.29) is 11.5 Å². The van der Waals surface area contributed by atoms with Gasteiger partial charge >= 0.3 is 6.18 Å². The molecular formula is C19H23F3N6O. The van der Waals surface area contributed by atoms with Gasteiger partial charge in [-0.3, -0.25) is 9.69 Å². The number of hydrogen-bond acceptors (Lipinski definition) is 6. The van der Waals surface area contributed by atoms with Crippen LogP contribution in [0.4, 0.5) is 19.1 Å². The molecule has 4 rings (SSSR count). The second-order valence-corrected chi connectivity index (χ2v) is 7.45. The van der Waals surface area contributed by atoms with Crippen molar-refractivity contribution >= 4 is 5.95 Å². The fraction of sp³-hybridized carbons (Fsp3) is 0.579. The van der Waals surface area contributed by atoms with Gasteiger partial charge in [0, 0.05) is 45.0 Å². The van der Waals surface area contributed by atoms with Gasteiger partial charge in [-0.1, -0.05) is 0 Å². The molecule has 0 aromatic carbocycles. The van der Waals surface area contributed by atoms with E-state index in [0.29, 0.717) is 39.3 Å². The van der Waals surface area contributed by atoms with Crippen molar-refractivity contribution in [1.82, 2.24) is 24.6 Å². The van der Waals surface area contributed by atoms with E-state index < -0.39 is 11.9 Å². The third-order valence-corrected chi connectivity index (χ3v) is 5.49. The van der Waals surface area contributed by atoms with Gasteiger partial charge in [0.2, 0.25) is 5.95 Å². The molecule has 0 N–H and O–H groups in total. The van der Waals surface area contributed by atoms with E-state index in [0.717, 1.165) is 49.2 Å². The molecule has 0 amide bonds. The largest absolute Gasteiger partial charge is 0.433 e. The van der Waals surface area contributed by atoms with Crippen molar-refractivity contribution in [1.29, 1.82) is 0 Å². The van der Waals surface area contributed by atoms with Crippen LogP contribution in [0.25, 0.3) is 0 Å². The molecular weight excluding hydrogens is 385 g/mol. The molecule has 0 bridgehead atoms. The summed E-state index contributed by atoms with van der Waals surface area (Å²) >= 11 is 0. The minimum absolute atomic E-state index is 0.0679. The summed E-state index contributed by atoms with van der Waals surface area (Å²) in [5, 5.41) is 4.53. The average Bonchev–Trinajstić information content (AvgIpc) is 2.72. The van der Waals surface area contributed by atoms with Crippen LogP contribution in [0.5, 0.6) is 0 Å². The Morgan fingerprint density at radius 2 is 1.79 bits per heavy atom. The third kappa shape index (κ3) is 4.58. The van der Waals surface area contributed by atoms with E-state index in [1.165, 1.54) is 4.68 Å². The van der Waals surface area contributed by atoms with Crippen LogP contribution in [0, 0.1) is 0 Å². The Bertz CT molecular complexity index is 921. The molecule has 1 aliphatic carbocycles. The summed E-state index contributed by atoms with van der Waals surface area (Å²) < 4.78 is 40.1. The minimum Gasteiger partial charge on any atom is -0.338 e. The number of alkyl halides is 3. The molecule has 7 nitrogen and oxygen atoms in total. The van der Waals surface area contributed by atoms with E-state index in [4.69, 9.17) is 0 Å². The number of piperazine rings is 1. The highest BCUT2D eigenvalue weighted by atomic mass is 19.4. The smallest absolute Gasteiger partial charge is 0.338 e. The first-order valence-electron chi connectivity index (χ1n) is 9.87. The third-order valence-electron chi connectivity index (χ3n) is 5.49. The van der Waals surface area contributed by atoms with E-state index >= 15 is 0 Å². The van der Waals surface area contributed by atoms with E-state index in [1.54, 1.807) is 11.0 Å². The minimum atomic E-state index is -4.48. The zero-order chi connectivity index (χ0) is 20.4. The molecule has 1 fully saturated rings. The molecule has 156 valence electrons. The van der Waals surface area contributed by atoms with Crippen LogP contribution >= 0.6 is 0 Å². The van der Waals surface area contributed by atoms with Gasteiger partial charge in [0.05, 0.1) is 12.2 Å². The Hall–Kier alpha value is -2.49. The van der Waals surface area contributed by atoms with Crippen LogP contribution in [0.15, 0.2) is 23.1 Å². The number of aromatic nitrogens is 4. The summed E-state index contributed by atoms with van der Waals surface area (Å²) in [6.45, 7) is 3.58. The summed E-state index contributed by atoms with van der Waals surface area (Å²) in [5.41, 5.74) is 1.11. The van der Waals surface area contributed by atoms with Crippen LogP contribution in [-0.4, -0.2) is 57.4 Å². The summed E-state index contributed by atoms with van der Waals surface area (Å²) in [4.78, 5) is 23.9. The van der Waals surface area contributed by atoms with Crippen molar-refractivity contribution in [3.8, 4) is 0 Å². The first-order chi connectivity index (χ1) is 13.9. The number of anilines is 1. The number of halogens is 3. The lowest BCUT2D eigenvalue weighted by atomic mass is 9.97. The molecule has 0 radical (unpaired) electrons. The molecule has 1 aliphatic heterocycles. The second kappa shape index (κ2) is 8.10. The van der Waals surface area contributed by atoms with Crippen LogP contribution < -0.4 is 10.5 Å². The topological polar surface area (TPSA) is 67.2 Å². The number of aryl methyl sites for hydroxylation is 2. The highest BCUT2D eigenvalue weighted by molar-refractivity contribution is 5.31. The van der Waals surface area contributed by atoms with E-state index in [9.17, 15) is 18.0 Å². The molecule has 3 heterocycles. The predicted octanol–water partition coefficient (Wildman–Crippen LogP) is 1.75. The normalized spacial score (nSPS) is 18.0. The quantitative estimate of drug-likeness (QED) is 0.768. The molecule has 2 aromatic rings. The standard InChI is InChI=1S/C19H23F3N6O/c20-19(21,22)16-5-6-23-18(24-16)27-10-7-26(8-11-27)9-12-28-17(29)13-14-3-1-2-4-15(14)25-28/h5-6,13H,1-4,7-12H2. The molecule has 29 heavy (non-hydrogen) atoms. The number of fused-ring (bicyclic) bond motifs is 1. The van der Waals surface area contributed by atoms with Gasteiger partial charge in [-0.15, -0.1) is 0 Å². The van der Waals surface area contributed by atoms with Gasteiger partial charge in [-0.05, 0) is 37.3 Å². The first-order valence-corrected chi connectivity index (χ1v) is 9.87. The first kappa shape index (κ1) is 19.8. The highest BCUT2D eigenvalue weighted by Gasteiger charge is 2.33. The maximum atomic E-state index is 12.8. The van der Waals surface area contributed by atoms with E-state index in [1.807, 2.05) is 0 Å². The van der Waals surface area contributed by atoms with Crippen LogP contribution in [0.3, 0.4) is 0 Å². The maximum absolute atomic E-state index is 12.8. The Morgan fingerprint density at radius 1 is 1.03 bits per heavy atom. The van der Waals surface area contributed by atoms with Crippen molar-refractivity contribution in [2.45, 2.75) is 38.4 Å². The molecule has 0 unspecified atom stereocenters. The zero-order valence-corrected chi connectivity index (χ0v) is 16.0. The van der Waals surface area contributed by atoms with Crippen molar-refractivity contribution in [3.05, 3.63) is 45.6 Å². The fourth-order valence-corrected chi connectivity index (χ4v) is 3.83. The van der Waals surface area contributed by atoms with Crippen LogP contribution in [0.2, 0.25) is 0 Å². The van der Waals surface area contributed by atoms with Gasteiger partial charge in [0.25, 0.3) is 5.56 Å². The van der Waals surface area contributed by atoms with Gasteiger partial charge in [0.15, 0.2) is 0 Å². The van der Waals surface area contributed by atoms with Gasteiger partial charge in [-0.2, -0.15) is 18.3 Å². The summed E-state index contributed by atoms with van der Waals surface area (Å²) in [6, 6.07) is 2.59. The Kier molecular flexibility index (Phi) is 5.53. The monoisotopic (exact) mass is 408 g/mol. The van der Waals surface area contributed by atoms with Crippen molar-refractivity contribution in [2.75, 3.05) is 37.6 Å². The van der Waals surface area contributed by atoms with Crippen molar-refractivity contribution < 1.29 is 13.2 Å². The highest BCUT2D eigenvalue weighted by Crippen LogP contribution is 2.28. The summed E-state index contributed by atoms with van der Waals surface area (Å²) in [6.07, 6.45) is 0.736. The molecule has 1 saturated heterocycles. The molecule has 2 aromatic heterocycles. The molecule has 2 aliphatic rings. The van der Waals surface area contributed by atoms with Crippen molar-refractivity contribution in [2.24, 2.45) is 0 Å². The average molecular weight is 408 g/mol. The number of hydrogen-bond donors (Lipinski definition) is 0. The Labute approximate surface area is 166 Å². The number of rotatable bonds is 4. The lowest BCUT2D eigenvalue weighted by Crippen LogP contribution is -2.48. The van der Waals surface area contributed by atoms with Crippen LogP contribution in [-0.2, 0) is 25.6 Å². The zero-order valence-electron chi connectivity index (χ0n) is 16.0. The van der Waals surface area contributed by atoms with Crippen LogP contribution in [0.1, 0.15) is 29.8 Å². The van der Waals surface area contributed by atoms with Gasteiger partial charge in [-0.25, -0.2) is 14.6 Å². The predicted molar refractivity (Wildman–Crippen MR) is 101 cm³/mol. The SMILES string of the molecule is O=c1cc2c(nn1CCN1CCN(c3nccc(C(F)(F)F)n3)CC1)CCCC2. The Balaban J connectivity index is 1.33. The molecule has 10 heteroatoms. The fourth-order valence-electron chi connectivity index (χ4n) is 3.83. The summed E-state index contributed by atoms with van der Waals surface area (Å²) in [7, 11) is 0.